The number of aliphatic hydroxyl groups excluding tert-OH is 1. The van der Waals surface area contributed by atoms with Gasteiger partial charge >= 0.3 is 12.4 Å². The number of hydrogen-bond donors (Lipinski definition) is 2. The lowest BCUT2D eigenvalue weighted by Crippen LogP contribution is -2.20. The van der Waals surface area contributed by atoms with E-state index in [0.29, 0.717) is 12.1 Å². The molecule has 138 valence electrons. The first-order valence-corrected chi connectivity index (χ1v) is 7.46. The smallest absolute Gasteiger partial charge is 0.370 e. The van der Waals surface area contributed by atoms with Crippen LogP contribution < -0.4 is 5.32 Å². The molecule has 1 aliphatic heterocycles. The summed E-state index contributed by atoms with van der Waals surface area (Å²) in [6.07, 6.45) is -7.20. The van der Waals surface area contributed by atoms with Gasteiger partial charge in [0.05, 0.1) is 16.1 Å². The van der Waals surface area contributed by atoms with Gasteiger partial charge in [0.15, 0.2) is 0 Å². The minimum absolute atomic E-state index is 0.0427. The van der Waals surface area contributed by atoms with E-state index in [9.17, 15) is 31.4 Å². The van der Waals surface area contributed by atoms with Crippen molar-refractivity contribution in [2.24, 2.45) is 0 Å². The average molecular weight is 395 g/mol. The van der Waals surface area contributed by atoms with E-state index in [0.717, 1.165) is 6.20 Å². The maximum Gasteiger partial charge on any atom is 0.416 e. The zero-order valence-electron chi connectivity index (χ0n) is 12.6. The molecule has 1 aliphatic rings. The van der Waals surface area contributed by atoms with Crippen molar-refractivity contribution in [2.75, 3.05) is 5.32 Å². The van der Waals surface area contributed by atoms with Crippen LogP contribution in [0.3, 0.4) is 0 Å². The topological polar surface area (TPSA) is 45.2 Å². The Morgan fingerprint density at radius 2 is 1.58 bits per heavy atom. The van der Waals surface area contributed by atoms with Crippen molar-refractivity contribution in [3.63, 3.8) is 0 Å². The van der Waals surface area contributed by atoms with Crippen LogP contribution in [0.4, 0.5) is 32.2 Å². The number of pyridine rings is 1. The molecule has 3 nitrogen and oxygen atoms in total. The second kappa shape index (κ2) is 6.17. The summed E-state index contributed by atoms with van der Waals surface area (Å²) in [5, 5.41) is 11.9. The third-order valence-corrected chi connectivity index (χ3v) is 4.09. The normalized spacial score (nSPS) is 17.0. The molecular formula is C16H9ClF6N2O. The molecule has 2 N–H and O–H groups in total. The molecule has 2 heterocycles. The summed E-state index contributed by atoms with van der Waals surface area (Å²) < 4.78 is 78.0. The lowest BCUT2D eigenvalue weighted by atomic mass is 9.98. The zero-order valence-corrected chi connectivity index (χ0v) is 13.3. The predicted octanol–water partition coefficient (Wildman–Crippen LogP) is 5.20. The molecular weight excluding hydrogens is 386 g/mol. The summed E-state index contributed by atoms with van der Waals surface area (Å²) in [7, 11) is 0. The molecule has 1 unspecified atom stereocenters. The summed E-state index contributed by atoms with van der Waals surface area (Å²) in [5.41, 5.74) is -3.10. The van der Waals surface area contributed by atoms with Gasteiger partial charge in [0.25, 0.3) is 0 Å². The standard InChI is InChI=1S/C16H9ClF6N2O/c17-13-10-1-2-12(26)25-14(10)24-6-11(13)7-3-8(15(18,19)20)5-9(4-7)16(21,22)23/h1-6,12,26H,(H,24,25). The van der Waals surface area contributed by atoms with Crippen LogP contribution in [-0.4, -0.2) is 16.3 Å². The highest BCUT2D eigenvalue weighted by Gasteiger charge is 2.37. The highest BCUT2D eigenvalue weighted by atomic mass is 35.5. The molecule has 10 heteroatoms. The molecule has 1 aromatic carbocycles. The quantitative estimate of drug-likeness (QED) is 0.654. The largest absolute Gasteiger partial charge is 0.416 e. The first-order chi connectivity index (χ1) is 12.0. The van der Waals surface area contributed by atoms with Crippen LogP contribution in [0.15, 0.2) is 30.5 Å². The van der Waals surface area contributed by atoms with Gasteiger partial charge in [-0.25, -0.2) is 4.98 Å². The average Bonchev–Trinajstić information content (AvgIpc) is 2.53. The molecule has 0 fully saturated rings. The first kappa shape index (κ1) is 18.5. The molecule has 0 bridgehead atoms. The van der Waals surface area contributed by atoms with Crippen LogP contribution in [0.2, 0.25) is 5.02 Å². The number of anilines is 1. The second-order valence-corrected chi connectivity index (χ2v) is 5.87. The van der Waals surface area contributed by atoms with E-state index >= 15 is 0 Å². The van der Waals surface area contributed by atoms with Gasteiger partial charge in [-0.15, -0.1) is 0 Å². The number of nitrogens with zero attached hydrogens (tertiary/aromatic N) is 1. The maximum absolute atomic E-state index is 13.0. The fourth-order valence-corrected chi connectivity index (χ4v) is 2.77. The molecule has 1 atom stereocenters. The Hall–Kier alpha value is -2.26. The highest BCUT2D eigenvalue weighted by Crippen LogP contribution is 2.41. The van der Waals surface area contributed by atoms with Gasteiger partial charge in [-0.1, -0.05) is 11.6 Å². The highest BCUT2D eigenvalue weighted by molar-refractivity contribution is 6.35. The summed E-state index contributed by atoms with van der Waals surface area (Å²) in [4.78, 5) is 3.92. The predicted molar refractivity (Wildman–Crippen MR) is 83.4 cm³/mol. The Morgan fingerprint density at radius 3 is 2.12 bits per heavy atom. The minimum atomic E-state index is -4.96. The maximum atomic E-state index is 13.0. The molecule has 3 rings (SSSR count). The lowest BCUT2D eigenvalue weighted by Gasteiger charge is -2.20. The second-order valence-electron chi connectivity index (χ2n) is 5.49. The molecule has 0 saturated heterocycles. The SMILES string of the molecule is OC1C=Cc2c(ncc(-c3cc(C(F)(F)F)cc(C(F)(F)F)c3)c2Cl)N1. The Kier molecular flexibility index (Phi) is 4.40. The van der Waals surface area contributed by atoms with E-state index in [2.05, 4.69) is 10.3 Å². The molecule has 26 heavy (non-hydrogen) atoms. The number of aliphatic hydroxyl groups is 1. The van der Waals surface area contributed by atoms with E-state index in [1.165, 1.54) is 12.2 Å². The van der Waals surface area contributed by atoms with Gasteiger partial charge < -0.3 is 10.4 Å². The summed E-state index contributed by atoms with van der Waals surface area (Å²) in [6.45, 7) is 0. The van der Waals surface area contributed by atoms with Gasteiger partial charge in [0.2, 0.25) is 0 Å². The van der Waals surface area contributed by atoms with Gasteiger partial charge in [0, 0.05) is 17.3 Å². The molecule has 0 radical (unpaired) electrons. The van der Waals surface area contributed by atoms with Crippen LogP contribution in [0.5, 0.6) is 0 Å². The van der Waals surface area contributed by atoms with Crippen LogP contribution in [0.1, 0.15) is 16.7 Å². The Bertz CT molecular complexity index is 859. The number of hydrogen-bond acceptors (Lipinski definition) is 3. The van der Waals surface area contributed by atoms with Gasteiger partial charge in [0.1, 0.15) is 12.0 Å². The number of fused-ring (bicyclic) bond motifs is 1. The van der Waals surface area contributed by atoms with Crippen molar-refractivity contribution < 1.29 is 31.4 Å². The molecule has 2 aromatic rings. The van der Waals surface area contributed by atoms with Crippen molar-refractivity contribution in [1.82, 2.24) is 4.98 Å². The Morgan fingerprint density at radius 1 is 1.00 bits per heavy atom. The Balaban J connectivity index is 2.21. The molecule has 0 spiro atoms. The summed E-state index contributed by atoms with van der Waals surface area (Å²) in [6, 6.07) is 1.21. The van der Waals surface area contributed by atoms with Crippen LogP contribution in [0, 0.1) is 0 Å². The molecule has 0 amide bonds. The third kappa shape index (κ3) is 3.49. The fraction of sp³-hybridized carbons (Fsp3) is 0.188. The summed E-state index contributed by atoms with van der Waals surface area (Å²) in [5.74, 6) is 0.164. The third-order valence-electron chi connectivity index (χ3n) is 3.68. The number of alkyl halides is 6. The minimum Gasteiger partial charge on any atom is -0.370 e. The van der Waals surface area contributed by atoms with Gasteiger partial charge in [-0.05, 0) is 35.9 Å². The van der Waals surface area contributed by atoms with Crippen molar-refractivity contribution in [3.8, 4) is 11.1 Å². The van der Waals surface area contributed by atoms with Gasteiger partial charge in [-0.2, -0.15) is 26.3 Å². The van der Waals surface area contributed by atoms with Crippen molar-refractivity contribution in [1.29, 1.82) is 0 Å². The van der Waals surface area contributed by atoms with Crippen molar-refractivity contribution >= 4 is 23.5 Å². The molecule has 0 aliphatic carbocycles. The van der Waals surface area contributed by atoms with Crippen molar-refractivity contribution in [3.05, 3.63) is 52.2 Å². The van der Waals surface area contributed by atoms with E-state index in [-0.39, 0.29) is 33.6 Å². The number of benzene rings is 1. The number of halogens is 7. The lowest BCUT2D eigenvalue weighted by molar-refractivity contribution is -0.143. The van der Waals surface area contributed by atoms with Crippen LogP contribution >= 0.6 is 11.6 Å². The molecule has 1 aromatic heterocycles. The van der Waals surface area contributed by atoms with E-state index in [1.807, 2.05) is 0 Å². The van der Waals surface area contributed by atoms with E-state index in [4.69, 9.17) is 11.6 Å². The van der Waals surface area contributed by atoms with E-state index < -0.39 is 29.7 Å². The van der Waals surface area contributed by atoms with Gasteiger partial charge in [-0.3, -0.25) is 0 Å². The number of nitrogens with one attached hydrogen (secondary N) is 1. The van der Waals surface area contributed by atoms with E-state index in [1.54, 1.807) is 0 Å². The first-order valence-electron chi connectivity index (χ1n) is 7.08. The number of rotatable bonds is 1. The number of aromatic nitrogens is 1. The van der Waals surface area contributed by atoms with Crippen LogP contribution in [0.25, 0.3) is 17.2 Å². The molecule has 0 saturated carbocycles. The van der Waals surface area contributed by atoms with Crippen molar-refractivity contribution in [2.45, 2.75) is 18.6 Å². The fourth-order valence-electron chi connectivity index (χ4n) is 2.46. The summed E-state index contributed by atoms with van der Waals surface area (Å²) >= 11 is 6.17. The van der Waals surface area contributed by atoms with Crippen LogP contribution in [-0.2, 0) is 12.4 Å². The Labute approximate surface area is 147 Å². The zero-order chi connectivity index (χ0) is 19.3. The monoisotopic (exact) mass is 394 g/mol.